The van der Waals surface area contributed by atoms with Gasteiger partial charge in [0.2, 0.25) is 0 Å². The zero-order valence-electron chi connectivity index (χ0n) is 18.1. The molecule has 160 valence electrons. The van der Waals surface area contributed by atoms with E-state index in [1.165, 1.54) is 10.5 Å². The van der Waals surface area contributed by atoms with E-state index in [0.29, 0.717) is 22.8 Å². The van der Waals surface area contributed by atoms with Crippen LogP contribution in [0.15, 0.2) is 72.4 Å². The minimum absolute atomic E-state index is 0.211. The number of nitrogens with zero attached hydrogens (tertiary/aromatic N) is 2. The Morgan fingerprint density at radius 1 is 0.906 bits per heavy atom. The quantitative estimate of drug-likeness (QED) is 0.515. The second-order valence-electron chi connectivity index (χ2n) is 8.40. The predicted molar refractivity (Wildman–Crippen MR) is 127 cm³/mol. The molecule has 5 heteroatoms. The van der Waals surface area contributed by atoms with Crippen LogP contribution in [-0.4, -0.2) is 23.3 Å². The minimum atomic E-state index is -0.253. The number of carbonyl (C=O) groups is 2. The Morgan fingerprint density at radius 3 is 2.41 bits per heavy atom. The molecule has 3 aromatic rings. The van der Waals surface area contributed by atoms with Gasteiger partial charge < -0.3 is 4.90 Å². The Labute approximate surface area is 192 Å². The average molecular weight is 443 g/mol. The average Bonchev–Trinajstić information content (AvgIpc) is 3.30. The minimum Gasteiger partial charge on any atom is -0.336 e. The topological polar surface area (TPSA) is 40.6 Å². The Kier molecular flexibility index (Phi) is 5.10. The summed E-state index contributed by atoms with van der Waals surface area (Å²) in [6, 6.07) is 21.3. The van der Waals surface area contributed by atoms with Gasteiger partial charge in [-0.05, 0) is 60.7 Å². The number of fused-ring (bicyclic) bond motifs is 1. The highest BCUT2D eigenvalue weighted by Gasteiger charge is 2.43. The molecule has 0 aliphatic carbocycles. The number of imide groups is 1. The van der Waals surface area contributed by atoms with Crippen molar-refractivity contribution in [3.8, 4) is 0 Å². The van der Waals surface area contributed by atoms with Crippen LogP contribution in [-0.2, 0) is 22.6 Å². The van der Waals surface area contributed by atoms with Gasteiger partial charge in [0.05, 0.1) is 12.1 Å². The van der Waals surface area contributed by atoms with Crippen molar-refractivity contribution < 1.29 is 9.59 Å². The lowest BCUT2D eigenvalue weighted by molar-refractivity contribution is -0.137. The van der Waals surface area contributed by atoms with E-state index in [9.17, 15) is 9.59 Å². The molecule has 0 unspecified atom stereocenters. The molecule has 0 N–H and O–H groups in total. The van der Waals surface area contributed by atoms with Crippen molar-refractivity contribution in [2.45, 2.75) is 26.8 Å². The van der Waals surface area contributed by atoms with E-state index in [1.54, 1.807) is 12.1 Å². The molecule has 0 saturated heterocycles. The number of para-hydroxylation sites is 1. The molecule has 4 nitrogen and oxygen atoms in total. The van der Waals surface area contributed by atoms with Crippen molar-refractivity contribution in [2.75, 3.05) is 11.4 Å². The van der Waals surface area contributed by atoms with Crippen molar-refractivity contribution in [3.63, 3.8) is 0 Å². The van der Waals surface area contributed by atoms with Gasteiger partial charge in [0.25, 0.3) is 11.8 Å². The van der Waals surface area contributed by atoms with Crippen molar-refractivity contribution in [3.05, 3.63) is 105 Å². The van der Waals surface area contributed by atoms with Gasteiger partial charge >= 0.3 is 0 Å². The first kappa shape index (κ1) is 20.5. The van der Waals surface area contributed by atoms with Gasteiger partial charge in [-0.1, -0.05) is 65.7 Å². The number of anilines is 1. The van der Waals surface area contributed by atoms with E-state index in [2.05, 4.69) is 12.1 Å². The lowest BCUT2D eigenvalue weighted by atomic mass is 9.97. The predicted octanol–water partition coefficient (Wildman–Crippen LogP) is 5.30. The molecule has 2 heterocycles. The summed E-state index contributed by atoms with van der Waals surface area (Å²) in [7, 11) is 0. The highest BCUT2D eigenvalue weighted by molar-refractivity contribution is 6.37. The van der Waals surface area contributed by atoms with Crippen molar-refractivity contribution in [2.24, 2.45) is 0 Å². The molecule has 5 rings (SSSR count). The number of halogens is 1. The van der Waals surface area contributed by atoms with Crippen LogP contribution in [0.4, 0.5) is 5.69 Å². The van der Waals surface area contributed by atoms with Crippen LogP contribution in [0.25, 0.3) is 5.57 Å². The van der Waals surface area contributed by atoms with Crippen LogP contribution in [0.3, 0.4) is 0 Å². The summed E-state index contributed by atoms with van der Waals surface area (Å²) in [6.45, 7) is 4.90. The molecule has 0 fully saturated rings. The smallest absolute Gasteiger partial charge is 0.278 e. The number of hydrogen-bond acceptors (Lipinski definition) is 3. The van der Waals surface area contributed by atoms with Crippen LogP contribution < -0.4 is 4.90 Å². The lowest BCUT2D eigenvalue weighted by Gasteiger charge is -2.22. The Balaban J connectivity index is 1.63. The number of benzene rings is 3. The van der Waals surface area contributed by atoms with Gasteiger partial charge in [-0.15, -0.1) is 0 Å². The van der Waals surface area contributed by atoms with Gasteiger partial charge in [0.15, 0.2) is 0 Å². The molecule has 2 aliphatic heterocycles. The maximum Gasteiger partial charge on any atom is 0.278 e. The number of rotatable bonds is 4. The number of carbonyl (C=O) groups excluding carboxylic acids is 2. The first-order valence-electron chi connectivity index (χ1n) is 10.7. The molecule has 0 saturated carbocycles. The Morgan fingerprint density at radius 2 is 1.66 bits per heavy atom. The van der Waals surface area contributed by atoms with E-state index in [0.717, 1.165) is 34.4 Å². The number of aryl methyl sites for hydroxylation is 2. The second-order valence-corrected chi connectivity index (χ2v) is 8.83. The summed E-state index contributed by atoms with van der Waals surface area (Å²) in [6.07, 6.45) is 0.846. The number of amides is 2. The SMILES string of the molecule is Cc1ccc(C2=C(N3CCc4ccccc43)C(=O)N(Cc3ccc(Cl)cc3)C2=O)c(C)c1. The normalized spacial score (nSPS) is 15.7. The van der Waals surface area contributed by atoms with Crippen LogP contribution in [0.5, 0.6) is 0 Å². The fourth-order valence-electron chi connectivity index (χ4n) is 4.64. The summed E-state index contributed by atoms with van der Waals surface area (Å²) in [5.74, 6) is -0.507. The standard InChI is InChI=1S/C27H23ClN2O2/c1-17-7-12-22(18(2)15-17)24-25(29-14-13-20-5-3-4-6-23(20)29)27(32)30(26(24)31)16-19-8-10-21(28)11-9-19/h3-12,15H,13-14,16H2,1-2H3. The van der Waals surface area contributed by atoms with Crippen molar-refractivity contribution in [1.29, 1.82) is 0 Å². The highest BCUT2D eigenvalue weighted by atomic mass is 35.5. The molecule has 3 aromatic carbocycles. The molecule has 2 amide bonds. The molecule has 2 aliphatic rings. The van der Waals surface area contributed by atoms with Crippen LogP contribution in [0.1, 0.15) is 27.8 Å². The van der Waals surface area contributed by atoms with Gasteiger partial charge in [0, 0.05) is 17.3 Å². The van der Waals surface area contributed by atoms with E-state index in [4.69, 9.17) is 11.6 Å². The van der Waals surface area contributed by atoms with Crippen molar-refractivity contribution in [1.82, 2.24) is 4.90 Å². The molecular formula is C27H23ClN2O2. The summed E-state index contributed by atoms with van der Waals surface area (Å²) in [4.78, 5) is 30.8. The molecule has 0 aromatic heterocycles. The van der Waals surface area contributed by atoms with Gasteiger partial charge in [-0.25, -0.2) is 0 Å². The van der Waals surface area contributed by atoms with Crippen LogP contribution >= 0.6 is 11.6 Å². The van der Waals surface area contributed by atoms with E-state index in [-0.39, 0.29) is 18.4 Å². The zero-order valence-corrected chi connectivity index (χ0v) is 18.8. The number of hydrogen-bond donors (Lipinski definition) is 0. The third-order valence-electron chi connectivity index (χ3n) is 6.21. The maximum absolute atomic E-state index is 13.7. The molecule has 0 radical (unpaired) electrons. The second kappa shape index (κ2) is 7.95. The first-order chi connectivity index (χ1) is 15.4. The summed E-state index contributed by atoms with van der Waals surface area (Å²) in [5.41, 5.74) is 6.93. The van der Waals surface area contributed by atoms with Crippen LogP contribution in [0, 0.1) is 13.8 Å². The van der Waals surface area contributed by atoms with Gasteiger partial charge in [-0.3, -0.25) is 14.5 Å². The summed E-state index contributed by atoms with van der Waals surface area (Å²) >= 11 is 6.01. The molecule has 0 spiro atoms. The third-order valence-corrected chi connectivity index (χ3v) is 6.46. The summed E-state index contributed by atoms with van der Waals surface area (Å²) in [5, 5.41) is 0.622. The van der Waals surface area contributed by atoms with Crippen LogP contribution in [0.2, 0.25) is 5.02 Å². The molecule has 32 heavy (non-hydrogen) atoms. The lowest BCUT2D eigenvalue weighted by Crippen LogP contribution is -2.34. The highest BCUT2D eigenvalue weighted by Crippen LogP contribution is 2.39. The Bertz CT molecular complexity index is 1280. The van der Waals surface area contributed by atoms with Gasteiger partial charge in [-0.2, -0.15) is 0 Å². The van der Waals surface area contributed by atoms with Crippen molar-refractivity contribution >= 4 is 34.7 Å². The van der Waals surface area contributed by atoms with E-state index in [1.807, 2.05) is 61.2 Å². The largest absolute Gasteiger partial charge is 0.336 e. The summed E-state index contributed by atoms with van der Waals surface area (Å²) < 4.78 is 0. The molecular weight excluding hydrogens is 420 g/mol. The monoisotopic (exact) mass is 442 g/mol. The third kappa shape index (κ3) is 3.41. The first-order valence-corrected chi connectivity index (χ1v) is 11.1. The van der Waals surface area contributed by atoms with Gasteiger partial charge in [0.1, 0.15) is 5.70 Å². The fraction of sp³-hybridized carbons (Fsp3) is 0.185. The Hall–Kier alpha value is -3.37. The molecule has 0 atom stereocenters. The van der Waals surface area contributed by atoms with E-state index >= 15 is 0 Å². The maximum atomic E-state index is 13.7. The zero-order chi connectivity index (χ0) is 22.4. The fourth-order valence-corrected chi connectivity index (χ4v) is 4.76. The molecule has 0 bridgehead atoms. The van der Waals surface area contributed by atoms with E-state index < -0.39 is 0 Å².